The highest BCUT2D eigenvalue weighted by Gasteiger charge is 2.66. The molecule has 0 aromatic heterocycles. The largest absolute Gasteiger partial charge is 0.277 e. The normalized spacial score (nSPS) is 40.1. The summed E-state index contributed by atoms with van der Waals surface area (Å²) in [4.78, 5) is 15.7. The standard InChI is InChI=1S/C21H30N2O3S/c1-15-5-7-16(8-6-15)27(25,26)23-22-17(24)21-12-18(2)9-19(3,13-21)11-20(4,10-18)14-21/h5-8,23H,9-14H2,1-4H3,(H,22,24). The maximum absolute atomic E-state index is 13.2. The molecule has 1 amide bonds. The number of sulfonamides is 1. The lowest BCUT2D eigenvalue weighted by Gasteiger charge is -2.68. The van der Waals surface area contributed by atoms with Crippen LogP contribution in [0.1, 0.15) is 64.9 Å². The van der Waals surface area contributed by atoms with Crippen molar-refractivity contribution < 1.29 is 13.2 Å². The molecule has 0 spiro atoms. The van der Waals surface area contributed by atoms with E-state index >= 15 is 0 Å². The lowest BCUT2D eigenvalue weighted by Crippen LogP contribution is -2.64. The third-order valence-electron chi connectivity index (χ3n) is 6.97. The predicted octanol–water partition coefficient (Wildman–Crippen LogP) is 3.69. The fourth-order valence-corrected chi connectivity index (χ4v) is 8.39. The number of nitrogens with one attached hydrogen (secondary N) is 2. The highest BCUT2D eigenvalue weighted by Crippen LogP contribution is 2.73. The summed E-state index contributed by atoms with van der Waals surface area (Å²) in [6.45, 7) is 8.82. The second-order valence-corrected chi connectivity index (χ2v) is 12.3. The molecule has 2 N–H and O–H groups in total. The van der Waals surface area contributed by atoms with Crippen LogP contribution in [0.4, 0.5) is 0 Å². The van der Waals surface area contributed by atoms with E-state index in [4.69, 9.17) is 0 Å². The molecule has 5 nitrogen and oxygen atoms in total. The summed E-state index contributed by atoms with van der Waals surface area (Å²) in [5, 5.41) is 0. The number of aryl methyl sites for hydroxylation is 1. The Labute approximate surface area is 162 Å². The Balaban J connectivity index is 1.54. The van der Waals surface area contributed by atoms with Crippen LogP contribution in [0.15, 0.2) is 29.2 Å². The molecule has 0 atom stereocenters. The molecule has 148 valence electrons. The van der Waals surface area contributed by atoms with E-state index in [0.29, 0.717) is 0 Å². The van der Waals surface area contributed by atoms with Gasteiger partial charge in [0, 0.05) is 0 Å². The molecule has 4 saturated carbocycles. The lowest BCUT2D eigenvalue weighted by atomic mass is 9.36. The van der Waals surface area contributed by atoms with Crippen LogP contribution >= 0.6 is 0 Å². The van der Waals surface area contributed by atoms with Crippen LogP contribution in [0.3, 0.4) is 0 Å². The molecular weight excluding hydrogens is 360 g/mol. The van der Waals surface area contributed by atoms with E-state index in [0.717, 1.165) is 24.8 Å². The quantitative estimate of drug-likeness (QED) is 0.770. The predicted molar refractivity (Wildman–Crippen MR) is 104 cm³/mol. The van der Waals surface area contributed by atoms with Gasteiger partial charge in [0.1, 0.15) is 0 Å². The van der Waals surface area contributed by atoms with E-state index in [2.05, 4.69) is 31.0 Å². The van der Waals surface area contributed by atoms with Gasteiger partial charge in [-0.15, -0.1) is 4.83 Å². The van der Waals surface area contributed by atoms with Crippen molar-refractivity contribution in [3.05, 3.63) is 29.8 Å². The SMILES string of the molecule is Cc1ccc(S(=O)(=O)NNC(=O)C23CC4(C)CC(C)(CC(C)(C4)C2)C3)cc1. The number of carbonyl (C=O) groups excluding carboxylic acids is 1. The minimum atomic E-state index is -3.77. The molecule has 4 fully saturated rings. The van der Waals surface area contributed by atoms with Crippen molar-refractivity contribution >= 4 is 15.9 Å². The third kappa shape index (κ3) is 3.21. The zero-order chi connectivity index (χ0) is 19.7. The van der Waals surface area contributed by atoms with Gasteiger partial charge in [-0.3, -0.25) is 10.2 Å². The van der Waals surface area contributed by atoms with Gasteiger partial charge in [-0.05, 0) is 73.8 Å². The first-order chi connectivity index (χ1) is 12.4. The van der Waals surface area contributed by atoms with Crippen molar-refractivity contribution in [3.8, 4) is 0 Å². The van der Waals surface area contributed by atoms with Gasteiger partial charge in [0.15, 0.2) is 0 Å². The van der Waals surface area contributed by atoms with Gasteiger partial charge in [0.25, 0.3) is 10.0 Å². The van der Waals surface area contributed by atoms with Gasteiger partial charge in [0.05, 0.1) is 10.3 Å². The van der Waals surface area contributed by atoms with E-state index in [1.54, 1.807) is 24.3 Å². The van der Waals surface area contributed by atoms with Crippen LogP contribution in [-0.4, -0.2) is 14.3 Å². The zero-order valence-electron chi connectivity index (χ0n) is 16.7. The highest BCUT2D eigenvalue weighted by atomic mass is 32.2. The Bertz CT molecular complexity index is 837. The first-order valence-corrected chi connectivity index (χ1v) is 11.2. The van der Waals surface area contributed by atoms with Crippen molar-refractivity contribution in [1.82, 2.24) is 10.3 Å². The maximum atomic E-state index is 13.2. The van der Waals surface area contributed by atoms with Crippen LogP contribution in [0.5, 0.6) is 0 Å². The Morgan fingerprint density at radius 3 is 1.74 bits per heavy atom. The molecule has 0 aliphatic heterocycles. The first kappa shape index (κ1) is 18.9. The summed E-state index contributed by atoms with van der Waals surface area (Å²) in [6.07, 6.45) is 6.05. The number of hydrogen-bond acceptors (Lipinski definition) is 3. The van der Waals surface area contributed by atoms with Gasteiger partial charge in [0.2, 0.25) is 5.91 Å². The maximum Gasteiger partial charge on any atom is 0.257 e. The fourth-order valence-electron chi connectivity index (χ4n) is 7.56. The molecule has 5 rings (SSSR count). The van der Waals surface area contributed by atoms with Gasteiger partial charge < -0.3 is 0 Å². The van der Waals surface area contributed by atoms with E-state index in [1.165, 1.54) is 19.3 Å². The van der Waals surface area contributed by atoms with E-state index in [1.807, 2.05) is 6.92 Å². The third-order valence-corrected chi connectivity index (χ3v) is 8.23. The second kappa shape index (κ2) is 5.57. The fraction of sp³-hybridized carbons (Fsp3) is 0.667. The van der Waals surface area contributed by atoms with E-state index < -0.39 is 15.4 Å². The molecule has 4 bridgehead atoms. The minimum absolute atomic E-state index is 0.157. The molecule has 0 saturated heterocycles. The summed E-state index contributed by atoms with van der Waals surface area (Å²) in [6, 6.07) is 6.60. The van der Waals surface area contributed by atoms with Gasteiger partial charge >= 0.3 is 0 Å². The van der Waals surface area contributed by atoms with Gasteiger partial charge in [-0.2, -0.15) is 0 Å². The summed E-state index contributed by atoms with van der Waals surface area (Å²) >= 11 is 0. The van der Waals surface area contributed by atoms with Crippen molar-refractivity contribution in [2.75, 3.05) is 0 Å². The lowest BCUT2D eigenvalue weighted by molar-refractivity contribution is -0.192. The van der Waals surface area contributed by atoms with Gasteiger partial charge in [-0.1, -0.05) is 38.5 Å². The number of hydrazine groups is 1. The molecular formula is C21H30N2O3S. The Hall–Kier alpha value is -1.40. The summed E-state index contributed by atoms with van der Waals surface area (Å²) in [5.74, 6) is -0.166. The average Bonchev–Trinajstić information content (AvgIpc) is 2.48. The average molecular weight is 391 g/mol. The van der Waals surface area contributed by atoms with Crippen molar-refractivity contribution in [3.63, 3.8) is 0 Å². The van der Waals surface area contributed by atoms with E-state index in [-0.39, 0.29) is 27.0 Å². The summed E-state index contributed by atoms with van der Waals surface area (Å²) in [7, 11) is -3.77. The van der Waals surface area contributed by atoms with Crippen molar-refractivity contribution in [1.29, 1.82) is 0 Å². The smallest absolute Gasteiger partial charge is 0.257 e. The van der Waals surface area contributed by atoms with Crippen LogP contribution < -0.4 is 10.3 Å². The Kier molecular flexibility index (Phi) is 3.91. The number of carbonyl (C=O) groups is 1. The first-order valence-electron chi connectivity index (χ1n) is 9.76. The number of rotatable bonds is 4. The number of hydrogen-bond donors (Lipinski definition) is 2. The minimum Gasteiger partial charge on any atom is -0.277 e. The topological polar surface area (TPSA) is 75.3 Å². The van der Waals surface area contributed by atoms with Crippen LogP contribution in [0.2, 0.25) is 0 Å². The molecule has 0 heterocycles. The molecule has 4 aliphatic carbocycles. The molecule has 6 heteroatoms. The second-order valence-electron chi connectivity index (χ2n) is 10.6. The highest BCUT2D eigenvalue weighted by molar-refractivity contribution is 7.89. The van der Waals surface area contributed by atoms with Gasteiger partial charge in [-0.25, -0.2) is 8.42 Å². The number of amides is 1. The summed E-state index contributed by atoms with van der Waals surface area (Å²) in [5.41, 5.74) is 3.60. The number of benzene rings is 1. The molecule has 1 aromatic rings. The molecule has 0 unspecified atom stereocenters. The van der Waals surface area contributed by atoms with Crippen molar-refractivity contribution in [2.24, 2.45) is 21.7 Å². The zero-order valence-corrected chi connectivity index (χ0v) is 17.5. The molecule has 1 aromatic carbocycles. The molecule has 0 radical (unpaired) electrons. The molecule has 27 heavy (non-hydrogen) atoms. The van der Waals surface area contributed by atoms with Crippen LogP contribution in [-0.2, 0) is 14.8 Å². The Morgan fingerprint density at radius 1 is 0.852 bits per heavy atom. The van der Waals surface area contributed by atoms with Crippen LogP contribution in [0.25, 0.3) is 0 Å². The van der Waals surface area contributed by atoms with E-state index in [9.17, 15) is 13.2 Å². The van der Waals surface area contributed by atoms with Crippen molar-refractivity contribution in [2.45, 2.75) is 71.1 Å². The Morgan fingerprint density at radius 2 is 1.30 bits per heavy atom. The monoisotopic (exact) mass is 390 g/mol. The summed E-state index contributed by atoms with van der Waals surface area (Å²) < 4.78 is 25.1. The van der Waals surface area contributed by atoms with Crippen LogP contribution in [0, 0.1) is 28.6 Å². The molecule has 4 aliphatic rings.